The standard InChI is InChI=1S/C24H21N3O4S/c1-2-21-25-18(16-8-4-3-5-9-16)15-22(28)27(21)12-13-31-19-11-7-6-10-17(19)14-20-23(29)26-24(30)32-20/h3-11,14-15H,2,12-13H2,1H3,(H,26,29,30). The molecule has 162 valence electrons. The van der Waals surface area contributed by atoms with Gasteiger partial charge in [-0.1, -0.05) is 55.5 Å². The summed E-state index contributed by atoms with van der Waals surface area (Å²) in [6.07, 6.45) is 2.24. The van der Waals surface area contributed by atoms with Crippen molar-refractivity contribution in [3.63, 3.8) is 0 Å². The van der Waals surface area contributed by atoms with E-state index in [1.54, 1.807) is 28.8 Å². The van der Waals surface area contributed by atoms with Gasteiger partial charge in [0.25, 0.3) is 16.7 Å². The number of nitrogens with zero attached hydrogens (tertiary/aromatic N) is 2. The molecule has 2 heterocycles. The third kappa shape index (κ3) is 4.81. The molecule has 3 aromatic rings. The highest BCUT2D eigenvalue weighted by atomic mass is 32.2. The summed E-state index contributed by atoms with van der Waals surface area (Å²) in [5, 5.41) is 1.85. The summed E-state index contributed by atoms with van der Waals surface area (Å²) in [6.45, 7) is 2.54. The van der Waals surface area contributed by atoms with E-state index in [1.165, 1.54) is 0 Å². The molecule has 0 bridgehead atoms. The Bertz CT molecular complexity index is 1250. The van der Waals surface area contributed by atoms with Crippen LogP contribution in [0.3, 0.4) is 0 Å². The van der Waals surface area contributed by atoms with E-state index in [0.29, 0.717) is 40.7 Å². The summed E-state index contributed by atoms with van der Waals surface area (Å²) < 4.78 is 7.54. The Morgan fingerprint density at radius 3 is 2.53 bits per heavy atom. The van der Waals surface area contributed by atoms with Gasteiger partial charge in [-0.2, -0.15) is 0 Å². The molecule has 0 saturated carbocycles. The van der Waals surface area contributed by atoms with Gasteiger partial charge in [0.05, 0.1) is 17.1 Å². The van der Waals surface area contributed by atoms with Crippen molar-refractivity contribution in [2.24, 2.45) is 0 Å². The quantitative estimate of drug-likeness (QED) is 0.553. The first-order chi connectivity index (χ1) is 15.5. The number of nitrogens with one attached hydrogen (secondary N) is 1. The van der Waals surface area contributed by atoms with Crippen molar-refractivity contribution in [2.75, 3.05) is 6.61 Å². The molecule has 32 heavy (non-hydrogen) atoms. The van der Waals surface area contributed by atoms with Crippen LogP contribution in [0.4, 0.5) is 4.79 Å². The van der Waals surface area contributed by atoms with Crippen LogP contribution in [0.25, 0.3) is 17.3 Å². The summed E-state index contributed by atoms with van der Waals surface area (Å²) in [4.78, 5) is 41.0. The van der Waals surface area contributed by atoms with E-state index in [-0.39, 0.29) is 12.2 Å². The Morgan fingerprint density at radius 2 is 1.81 bits per heavy atom. The third-order valence-corrected chi connectivity index (χ3v) is 5.70. The second kappa shape index (κ2) is 9.65. The minimum absolute atomic E-state index is 0.132. The number of carbonyl (C=O) groups is 2. The Morgan fingerprint density at radius 1 is 1.06 bits per heavy atom. The largest absolute Gasteiger partial charge is 0.491 e. The van der Waals surface area contributed by atoms with Crippen LogP contribution in [0.2, 0.25) is 0 Å². The monoisotopic (exact) mass is 447 g/mol. The Labute approximate surface area is 189 Å². The molecule has 0 unspecified atom stereocenters. The second-order valence-electron chi connectivity index (χ2n) is 7.01. The molecule has 7 nitrogen and oxygen atoms in total. The lowest BCUT2D eigenvalue weighted by Crippen LogP contribution is -2.27. The highest BCUT2D eigenvalue weighted by Gasteiger charge is 2.25. The minimum atomic E-state index is -0.418. The van der Waals surface area contributed by atoms with Gasteiger partial charge in [-0.15, -0.1) is 0 Å². The number of rotatable bonds is 7. The zero-order valence-electron chi connectivity index (χ0n) is 17.4. The highest BCUT2D eigenvalue weighted by Crippen LogP contribution is 2.29. The van der Waals surface area contributed by atoms with E-state index in [4.69, 9.17) is 4.74 Å². The van der Waals surface area contributed by atoms with Gasteiger partial charge in [-0.05, 0) is 23.9 Å². The zero-order chi connectivity index (χ0) is 22.5. The highest BCUT2D eigenvalue weighted by molar-refractivity contribution is 8.18. The first-order valence-corrected chi connectivity index (χ1v) is 11.0. The van der Waals surface area contributed by atoms with Gasteiger partial charge >= 0.3 is 0 Å². The summed E-state index contributed by atoms with van der Waals surface area (Å²) in [7, 11) is 0. The molecule has 1 aromatic heterocycles. The van der Waals surface area contributed by atoms with E-state index in [1.807, 2.05) is 49.4 Å². The van der Waals surface area contributed by atoms with Crippen LogP contribution in [-0.2, 0) is 17.8 Å². The zero-order valence-corrected chi connectivity index (χ0v) is 18.2. The molecule has 0 radical (unpaired) electrons. The van der Waals surface area contributed by atoms with Crippen molar-refractivity contribution in [2.45, 2.75) is 19.9 Å². The van der Waals surface area contributed by atoms with Crippen molar-refractivity contribution in [3.8, 4) is 17.0 Å². The van der Waals surface area contributed by atoms with Crippen molar-refractivity contribution in [1.29, 1.82) is 0 Å². The number of aromatic nitrogens is 2. The molecule has 1 N–H and O–H groups in total. The van der Waals surface area contributed by atoms with E-state index < -0.39 is 11.1 Å². The summed E-state index contributed by atoms with van der Waals surface area (Å²) in [5.74, 6) is 0.833. The van der Waals surface area contributed by atoms with Gasteiger partial charge in [0, 0.05) is 23.6 Å². The van der Waals surface area contributed by atoms with E-state index >= 15 is 0 Å². The average Bonchev–Trinajstić information content (AvgIpc) is 3.12. The molecule has 1 aliphatic heterocycles. The number of ether oxygens (including phenoxy) is 1. The Hall–Kier alpha value is -3.65. The Kier molecular flexibility index (Phi) is 6.51. The fourth-order valence-corrected chi connectivity index (χ4v) is 4.03. The van der Waals surface area contributed by atoms with E-state index in [2.05, 4.69) is 10.3 Å². The molecule has 8 heteroatoms. The first-order valence-electron chi connectivity index (χ1n) is 10.2. The lowest BCUT2D eigenvalue weighted by Gasteiger charge is -2.14. The number of aryl methyl sites for hydroxylation is 1. The molecular weight excluding hydrogens is 426 g/mol. The number of hydrogen-bond donors (Lipinski definition) is 1. The molecule has 0 aliphatic carbocycles. The van der Waals surface area contributed by atoms with Gasteiger partial charge in [0.2, 0.25) is 0 Å². The smallest absolute Gasteiger partial charge is 0.290 e. The molecular formula is C24H21N3O4S. The fraction of sp³-hybridized carbons (Fsp3) is 0.167. The molecule has 0 spiro atoms. The normalized spacial score (nSPS) is 14.6. The predicted molar refractivity (Wildman–Crippen MR) is 124 cm³/mol. The number of amides is 2. The third-order valence-electron chi connectivity index (χ3n) is 4.89. The number of hydrogen-bond acceptors (Lipinski definition) is 6. The van der Waals surface area contributed by atoms with Gasteiger partial charge in [0.1, 0.15) is 18.2 Å². The Balaban J connectivity index is 1.51. The topological polar surface area (TPSA) is 90.3 Å². The van der Waals surface area contributed by atoms with E-state index in [0.717, 1.165) is 17.3 Å². The lowest BCUT2D eigenvalue weighted by molar-refractivity contribution is -0.115. The maximum absolute atomic E-state index is 12.8. The predicted octanol–water partition coefficient (Wildman–Crippen LogP) is 3.88. The van der Waals surface area contributed by atoms with Gasteiger partial charge in [-0.25, -0.2) is 4.98 Å². The average molecular weight is 448 g/mol. The minimum Gasteiger partial charge on any atom is -0.491 e. The second-order valence-corrected chi connectivity index (χ2v) is 8.02. The molecule has 4 rings (SSSR count). The summed E-state index contributed by atoms with van der Waals surface area (Å²) in [6, 6.07) is 18.4. The van der Waals surface area contributed by atoms with Crippen molar-refractivity contribution < 1.29 is 14.3 Å². The fourth-order valence-electron chi connectivity index (χ4n) is 3.36. The first kappa shape index (κ1) is 21.6. The van der Waals surface area contributed by atoms with Crippen LogP contribution in [0, 0.1) is 0 Å². The maximum atomic E-state index is 12.8. The van der Waals surface area contributed by atoms with Crippen LogP contribution in [0.5, 0.6) is 5.75 Å². The van der Waals surface area contributed by atoms with Crippen LogP contribution < -0.4 is 15.6 Å². The van der Waals surface area contributed by atoms with Gasteiger partial charge < -0.3 is 4.74 Å². The number of benzene rings is 2. The number of para-hydroxylation sites is 1. The maximum Gasteiger partial charge on any atom is 0.290 e. The molecule has 1 saturated heterocycles. The van der Waals surface area contributed by atoms with Crippen LogP contribution in [0.1, 0.15) is 18.3 Å². The number of imide groups is 1. The van der Waals surface area contributed by atoms with Crippen molar-refractivity contribution in [1.82, 2.24) is 14.9 Å². The number of carbonyl (C=O) groups excluding carboxylic acids is 2. The van der Waals surface area contributed by atoms with Gasteiger partial charge in [0.15, 0.2) is 0 Å². The van der Waals surface area contributed by atoms with Crippen LogP contribution in [0.15, 0.2) is 70.4 Å². The van der Waals surface area contributed by atoms with E-state index in [9.17, 15) is 14.4 Å². The SMILES string of the molecule is CCc1nc(-c2ccccc2)cc(=O)n1CCOc1ccccc1C=C1SC(=O)NC1=O. The molecule has 1 fully saturated rings. The van der Waals surface area contributed by atoms with Crippen LogP contribution >= 0.6 is 11.8 Å². The lowest BCUT2D eigenvalue weighted by atomic mass is 10.1. The number of thioether (sulfide) groups is 1. The van der Waals surface area contributed by atoms with Crippen molar-refractivity contribution in [3.05, 3.63) is 87.3 Å². The summed E-state index contributed by atoms with van der Waals surface area (Å²) in [5.41, 5.74) is 2.10. The molecule has 0 atom stereocenters. The van der Waals surface area contributed by atoms with Crippen LogP contribution in [-0.4, -0.2) is 27.3 Å². The molecule has 2 aromatic carbocycles. The van der Waals surface area contributed by atoms with Crippen molar-refractivity contribution >= 4 is 29.0 Å². The molecule has 1 aliphatic rings. The summed E-state index contributed by atoms with van der Waals surface area (Å²) >= 11 is 0.857. The van der Waals surface area contributed by atoms with Gasteiger partial charge in [-0.3, -0.25) is 24.3 Å². The molecule has 2 amide bonds.